The molecule has 2 aliphatic rings. The lowest BCUT2D eigenvalue weighted by atomic mass is 9.94. The van der Waals surface area contributed by atoms with Crippen LogP contribution in [-0.2, 0) is 16.1 Å². The van der Waals surface area contributed by atoms with Gasteiger partial charge in [-0.25, -0.2) is 0 Å². The summed E-state index contributed by atoms with van der Waals surface area (Å²) in [6, 6.07) is 7.47. The maximum absolute atomic E-state index is 12.5. The minimum absolute atomic E-state index is 0.152. The molecule has 2 aliphatic heterocycles. The van der Waals surface area contributed by atoms with Gasteiger partial charge in [0.25, 0.3) is 0 Å². The molecule has 0 atom stereocenters. The van der Waals surface area contributed by atoms with Gasteiger partial charge in [-0.2, -0.15) is 0 Å². The molecule has 0 unspecified atom stereocenters. The summed E-state index contributed by atoms with van der Waals surface area (Å²) in [6.07, 6.45) is 1.81. The van der Waals surface area contributed by atoms with Crippen molar-refractivity contribution in [1.29, 1.82) is 0 Å². The molecule has 120 valence electrons. The van der Waals surface area contributed by atoms with E-state index < -0.39 is 0 Å². The number of phenolic OH excluding ortho intramolecular Hbond substituents is 1. The van der Waals surface area contributed by atoms with Crippen LogP contribution >= 0.6 is 0 Å². The Morgan fingerprint density at radius 3 is 2.50 bits per heavy atom. The lowest BCUT2D eigenvalue weighted by molar-refractivity contribution is -0.141. The van der Waals surface area contributed by atoms with Gasteiger partial charge in [0.1, 0.15) is 5.75 Å². The first-order chi connectivity index (χ1) is 10.7. The van der Waals surface area contributed by atoms with E-state index in [1.54, 1.807) is 6.07 Å². The summed E-state index contributed by atoms with van der Waals surface area (Å²) in [7, 11) is 0. The maximum atomic E-state index is 12.5. The second-order valence-electron chi connectivity index (χ2n) is 6.12. The molecule has 0 spiro atoms. The standard InChI is InChI=1S/C17H24N2O3/c20-16-4-2-1-3-15(16)13-18-7-5-14(6-8-18)17(21)19-9-11-22-12-10-19/h1-4,14,20H,5-13H2. The zero-order chi connectivity index (χ0) is 15.4. The van der Waals surface area contributed by atoms with Crippen LogP contribution in [0.5, 0.6) is 5.75 Å². The Morgan fingerprint density at radius 2 is 1.82 bits per heavy atom. The quantitative estimate of drug-likeness (QED) is 0.918. The summed E-state index contributed by atoms with van der Waals surface area (Å²) in [5, 5.41) is 9.85. The highest BCUT2D eigenvalue weighted by Crippen LogP contribution is 2.24. The molecule has 2 saturated heterocycles. The summed E-state index contributed by atoms with van der Waals surface area (Å²) in [5.41, 5.74) is 0.959. The Morgan fingerprint density at radius 1 is 1.14 bits per heavy atom. The van der Waals surface area contributed by atoms with Gasteiger partial charge in [-0.05, 0) is 32.0 Å². The average Bonchev–Trinajstić information content (AvgIpc) is 2.58. The van der Waals surface area contributed by atoms with E-state index in [4.69, 9.17) is 4.74 Å². The largest absolute Gasteiger partial charge is 0.508 e. The van der Waals surface area contributed by atoms with Gasteiger partial charge in [0.2, 0.25) is 5.91 Å². The number of carbonyl (C=O) groups excluding carboxylic acids is 1. The van der Waals surface area contributed by atoms with E-state index in [2.05, 4.69) is 4.90 Å². The van der Waals surface area contributed by atoms with Crippen LogP contribution in [-0.4, -0.2) is 60.2 Å². The molecule has 2 fully saturated rings. The van der Waals surface area contributed by atoms with Crippen molar-refractivity contribution in [2.45, 2.75) is 19.4 Å². The highest BCUT2D eigenvalue weighted by Gasteiger charge is 2.29. The van der Waals surface area contributed by atoms with Crippen molar-refractivity contribution in [2.75, 3.05) is 39.4 Å². The third-order valence-corrected chi connectivity index (χ3v) is 4.65. The number of likely N-dealkylation sites (tertiary alicyclic amines) is 1. The number of morpholine rings is 1. The number of benzene rings is 1. The van der Waals surface area contributed by atoms with E-state index in [9.17, 15) is 9.90 Å². The van der Waals surface area contributed by atoms with Gasteiger partial charge < -0.3 is 14.7 Å². The molecule has 0 aliphatic carbocycles. The summed E-state index contributed by atoms with van der Waals surface area (Å²) in [6.45, 7) is 5.37. The molecule has 5 nitrogen and oxygen atoms in total. The van der Waals surface area contributed by atoms with Crippen molar-refractivity contribution in [3.8, 4) is 5.75 Å². The molecular formula is C17H24N2O3. The molecule has 0 saturated carbocycles. The number of ether oxygens (including phenoxy) is 1. The molecule has 5 heteroatoms. The van der Waals surface area contributed by atoms with E-state index >= 15 is 0 Å². The Hall–Kier alpha value is -1.59. The highest BCUT2D eigenvalue weighted by atomic mass is 16.5. The number of rotatable bonds is 3. The van der Waals surface area contributed by atoms with E-state index in [1.807, 2.05) is 23.1 Å². The van der Waals surface area contributed by atoms with Gasteiger partial charge in [-0.15, -0.1) is 0 Å². The third-order valence-electron chi connectivity index (χ3n) is 4.65. The Kier molecular flexibility index (Phi) is 4.95. The molecule has 1 aromatic rings. The fraction of sp³-hybridized carbons (Fsp3) is 0.588. The third kappa shape index (κ3) is 3.59. The smallest absolute Gasteiger partial charge is 0.225 e. The number of phenols is 1. The number of piperidine rings is 1. The summed E-state index contributed by atoms with van der Waals surface area (Å²) in [4.78, 5) is 16.8. The van der Waals surface area contributed by atoms with Crippen LogP contribution in [0.1, 0.15) is 18.4 Å². The normalized spacial score (nSPS) is 21.0. The number of aromatic hydroxyl groups is 1. The Labute approximate surface area is 131 Å². The van der Waals surface area contributed by atoms with Gasteiger partial charge in [-0.1, -0.05) is 18.2 Å². The van der Waals surface area contributed by atoms with Gasteiger partial charge in [0.15, 0.2) is 0 Å². The minimum atomic E-state index is 0.152. The van der Waals surface area contributed by atoms with Crippen molar-refractivity contribution >= 4 is 5.91 Å². The second-order valence-corrected chi connectivity index (χ2v) is 6.12. The fourth-order valence-corrected chi connectivity index (χ4v) is 3.27. The topological polar surface area (TPSA) is 53.0 Å². The van der Waals surface area contributed by atoms with Crippen LogP contribution in [0.3, 0.4) is 0 Å². The number of carbonyl (C=O) groups is 1. The second kappa shape index (κ2) is 7.11. The average molecular weight is 304 g/mol. The molecular weight excluding hydrogens is 280 g/mol. The van der Waals surface area contributed by atoms with Crippen LogP contribution in [0, 0.1) is 5.92 Å². The molecule has 1 N–H and O–H groups in total. The van der Waals surface area contributed by atoms with Crippen LogP contribution < -0.4 is 0 Å². The minimum Gasteiger partial charge on any atom is -0.508 e. The van der Waals surface area contributed by atoms with E-state index in [0.717, 1.165) is 51.1 Å². The van der Waals surface area contributed by atoms with Crippen molar-refractivity contribution in [3.05, 3.63) is 29.8 Å². The lowest BCUT2D eigenvalue weighted by Crippen LogP contribution is -2.46. The molecule has 1 amide bonds. The Balaban J connectivity index is 1.50. The van der Waals surface area contributed by atoms with Gasteiger partial charge >= 0.3 is 0 Å². The van der Waals surface area contributed by atoms with Gasteiger partial charge in [0.05, 0.1) is 13.2 Å². The zero-order valence-corrected chi connectivity index (χ0v) is 12.9. The predicted molar refractivity (Wildman–Crippen MR) is 83.5 cm³/mol. The molecule has 0 aromatic heterocycles. The first kappa shape index (κ1) is 15.3. The van der Waals surface area contributed by atoms with Crippen molar-refractivity contribution < 1.29 is 14.6 Å². The van der Waals surface area contributed by atoms with Gasteiger partial charge in [-0.3, -0.25) is 9.69 Å². The molecule has 3 rings (SSSR count). The number of para-hydroxylation sites is 1. The van der Waals surface area contributed by atoms with Crippen LogP contribution in [0.15, 0.2) is 24.3 Å². The van der Waals surface area contributed by atoms with Crippen LogP contribution in [0.2, 0.25) is 0 Å². The van der Waals surface area contributed by atoms with Crippen LogP contribution in [0.25, 0.3) is 0 Å². The van der Waals surface area contributed by atoms with Crippen molar-refractivity contribution in [1.82, 2.24) is 9.80 Å². The molecule has 0 bridgehead atoms. The lowest BCUT2D eigenvalue weighted by Gasteiger charge is -2.35. The first-order valence-corrected chi connectivity index (χ1v) is 8.10. The number of amides is 1. The fourth-order valence-electron chi connectivity index (χ4n) is 3.27. The summed E-state index contributed by atoms with van der Waals surface area (Å²) in [5.74, 6) is 0.804. The van der Waals surface area contributed by atoms with E-state index in [1.165, 1.54) is 0 Å². The summed E-state index contributed by atoms with van der Waals surface area (Å²) >= 11 is 0. The molecule has 2 heterocycles. The number of hydrogen-bond acceptors (Lipinski definition) is 4. The Bertz CT molecular complexity index is 506. The van der Waals surface area contributed by atoms with E-state index in [0.29, 0.717) is 24.9 Å². The number of nitrogens with zero attached hydrogens (tertiary/aromatic N) is 2. The van der Waals surface area contributed by atoms with Crippen molar-refractivity contribution in [2.24, 2.45) is 5.92 Å². The maximum Gasteiger partial charge on any atom is 0.225 e. The molecule has 0 radical (unpaired) electrons. The first-order valence-electron chi connectivity index (χ1n) is 8.10. The SMILES string of the molecule is O=C(C1CCN(Cc2ccccc2O)CC1)N1CCOCC1. The monoisotopic (exact) mass is 304 g/mol. The van der Waals surface area contributed by atoms with Gasteiger partial charge in [0, 0.05) is 31.1 Å². The molecule has 1 aromatic carbocycles. The molecule has 22 heavy (non-hydrogen) atoms. The van der Waals surface area contributed by atoms with Crippen LogP contribution in [0.4, 0.5) is 0 Å². The highest BCUT2D eigenvalue weighted by molar-refractivity contribution is 5.79. The predicted octanol–water partition coefficient (Wildman–Crippen LogP) is 1.46. The van der Waals surface area contributed by atoms with E-state index in [-0.39, 0.29) is 5.92 Å². The number of hydrogen-bond donors (Lipinski definition) is 1. The zero-order valence-electron chi connectivity index (χ0n) is 12.9. The summed E-state index contributed by atoms with van der Waals surface area (Å²) < 4.78 is 5.31. The van der Waals surface area contributed by atoms with Crippen molar-refractivity contribution in [3.63, 3.8) is 0 Å².